The van der Waals surface area contributed by atoms with Crippen molar-refractivity contribution in [2.45, 2.75) is 83.2 Å². The Kier molecular flexibility index (Phi) is 7.90. The largest absolute Gasteiger partial charge is 0.353 e. The van der Waals surface area contributed by atoms with Crippen LogP contribution >= 0.6 is 12.4 Å². The van der Waals surface area contributed by atoms with Crippen LogP contribution in [0.4, 0.5) is 0 Å². The van der Waals surface area contributed by atoms with E-state index in [1.165, 1.54) is 38.5 Å². The first-order valence-corrected chi connectivity index (χ1v) is 8.26. The minimum absolute atomic E-state index is 0. The second kappa shape index (κ2) is 8.89. The SMILES string of the molecule is CCCCC1CCCC1NC(=O)C1CCCC(N)C1.Cl. The third-order valence-corrected chi connectivity index (χ3v) is 5.00. The smallest absolute Gasteiger partial charge is 0.223 e. The topological polar surface area (TPSA) is 55.1 Å². The Morgan fingerprint density at radius 2 is 1.95 bits per heavy atom. The fourth-order valence-corrected chi connectivity index (χ4v) is 3.80. The lowest BCUT2D eigenvalue weighted by Crippen LogP contribution is -2.43. The molecule has 1 amide bonds. The Morgan fingerprint density at radius 3 is 2.65 bits per heavy atom. The highest BCUT2D eigenvalue weighted by molar-refractivity contribution is 5.85. The minimum atomic E-state index is 0. The second-order valence-electron chi connectivity index (χ2n) is 6.57. The Bertz CT molecular complexity index is 298. The maximum Gasteiger partial charge on any atom is 0.223 e. The average molecular weight is 303 g/mol. The first-order valence-electron chi connectivity index (χ1n) is 8.26. The Hall–Kier alpha value is -0.280. The predicted octanol–water partition coefficient (Wildman–Crippen LogP) is 3.40. The van der Waals surface area contributed by atoms with E-state index in [1.54, 1.807) is 0 Å². The first-order chi connectivity index (χ1) is 9.20. The Labute approximate surface area is 129 Å². The number of nitrogens with two attached hydrogens (primary N) is 1. The quantitative estimate of drug-likeness (QED) is 0.818. The fraction of sp³-hybridized carbons (Fsp3) is 0.938. The Balaban J connectivity index is 0.00000200. The van der Waals surface area contributed by atoms with Crippen LogP contribution in [0.1, 0.15) is 71.1 Å². The van der Waals surface area contributed by atoms with Gasteiger partial charge in [0.25, 0.3) is 0 Å². The van der Waals surface area contributed by atoms with Crippen molar-refractivity contribution in [3.05, 3.63) is 0 Å². The molecule has 2 saturated carbocycles. The van der Waals surface area contributed by atoms with E-state index in [0.717, 1.165) is 31.6 Å². The van der Waals surface area contributed by atoms with Crippen molar-refractivity contribution < 1.29 is 4.79 Å². The Morgan fingerprint density at radius 1 is 1.20 bits per heavy atom. The van der Waals surface area contributed by atoms with Crippen LogP contribution in [0.25, 0.3) is 0 Å². The summed E-state index contributed by atoms with van der Waals surface area (Å²) in [5.41, 5.74) is 5.98. The standard InChI is InChI=1S/C16H30N2O.ClH/c1-2-3-6-12-7-5-10-15(12)18-16(19)13-8-4-9-14(17)11-13;/h12-15H,2-11,17H2,1H3,(H,18,19);1H. The van der Waals surface area contributed by atoms with Crippen LogP contribution in [0.2, 0.25) is 0 Å². The van der Waals surface area contributed by atoms with Gasteiger partial charge < -0.3 is 11.1 Å². The highest BCUT2D eigenvalue weighted by Crippen LogP contribution is 2.31. The monoisotopic (exact) mass is 302 g/mol. The van der Waals surface area contributed by atoms with Gasteiger partial charge in [-0.15, -0.1) is 12.4 Å². The molecule has 2 aliphatic rings. The summed E-state index contributed by atoms with van der Waals surface area (Å²) in [5, 5.41) is 3.33. The highest BCUT2D eigenvalue weighted by atomic mass is 35.5. The van der Waals surface area contributed by atoms with Crippen LogP contribution in [0.3, 0.4) is 0 Å². The maximum atomic E-state index is 12.4. The predicted molar refractivity (Wildman–Crippen MR) is 86.0 cm³/mol. The van der Waals surface area contributed by atoms with Gasteiger partial charge in [0.05, 0.1) is 0 Å². The van der Waals surface area contributed by atoms with Gasteiger partial charge in [0.1, 0.15) is 0 Å². The molecule has 4 heteroatoms. The zero-order valence-corrected chi connectivity index (χ0v) is 13.6. The molecule has 2 rings (SSSR count). The summed E-state index contributed by atoms with van der Waals surface area (Å²) >= 11 is 0. The molecule has 0 aliphatic heterocycles. The van der Waals surface area contributed by atoms with Crippen LogP contribution in [0.5, 0.6) is 0 Å². The van der Waals surface area contributed by atoms with Gasteiger partial charge in [-0.1, -0.05) is 32.6 Å². The van der Waals surface area contributed by atoms with Crippen LogP contribution in [-0.4, -0.2) is 18.0 Å². The van der Waals surface area contributed by atoms with E-state index in [4.69, 9.17) is 5.73 Å². The number of carbonyl (C=O) groups is 1. The minimum Gasteiger partial charge on any atom is -0.353 e. The number of unbranched alkanes of at least 4 members (excludes halogenated alkanes) is 1. The summed E-state index contributed by atoms with van der Waals surface area (Å²) in [6, 6.07) is 0.682. The molecule has 4 unspecified atom stereocenters. The lowest BCUT2D eigenvalue weighted by Gasteiger charge is -2.28. The highest BCUT2D eigenvalue weighted by Gasteiger charge is 2.31. The molecular weight excluding hydrogens is 272 g/mol. The number of hydrogen-bond donors (Lipinski definition) is 2. The van der Waals surface area contributed by atoms with Gasteiger partial charge in [-0.2, -0.15) is 0 Å². The number of hydrogen-bond acceptors (Lipinski definition) is 2. The number of halogens is 1. The molecule has 20 heavy (non-hydrogen) atoms. The molecule has 4 atom stereocenters. The molecule has 0 aromatic rings. The number of nitrogens with one attached hydrogen (secondary N) is 1. The number of rotatable bonds is 5. The van der Waals surface area contributed by atoms with E-state index in [2.05, 4.69) is 12.2 Å². The lowest BCUT2D eigenvalue weighted by molar-refractivity contribution is -0.127. The van der Waals surface area contributed by atoms with E-state index in [-0.39, 0.29) is 30.3 Å². The summed E-state index contributed by atoms with van der Waals surface area (Å²) in [4.78, 5) is 12.4. The van der Waals surface area contributed by atoms with E-state index in [0.29, 0.717) is 6.04 Å². The molecule has 0 spiro atoms. The summed E-state index contributed by atoms with van der Waals surface area (Å²) in [6.45, 7) is 2.24. The van der Waals surface area contributed by atoms with Crippen molar-refractivity contribution in [1.29, 1.82) is 0 Å². The van der Waals surface area contributed by atoms with E-state index in [1.807, 2.05) is 0 Å². The molecule has 0 heterocycles. The lowest BCUT2D eigenvalue weighted by atomic mass is 9.85. The normalized spacial score (nSPS) is 33.5. The van der Waals surface area contributed by atoms with Gasteiger partial charge in [-0.25, -0.2) is 0 Å². The summed E-state index contributed by atoms with van der Waals surface area (Å²) in [5.74, 6) is 1.18. The summed E-state index contributed by atoms with van der Waals surface area (Å²) in [6.07, 6.45) is 11.7. The van der Waals surface area contributed by atoms with Crippen LogP contribution in [0.15, 0.2) is 0 Å². The number of carbonyl (C=O) groups excluding carboxylic acids is 1. The van der Waals surface area contributed by atoms with Crippen LogP contribution < -0.4 is 11.1 Å². The third-order valence-electron chi connectivity index (χ3n) is 5.00. The molecule has 3 N–H and O–H groups in total. The van der Waals surface area contributed by atoms with Crippen LogP contribution in [-0.2, 0) is 4.79 Å². The summed E-state index contributed by atoms with van der Waals surface area (Å²) in [7, 11) is 0. The van der Waals surface area contributed by atoms with Crippen molar-refractivity contribution in [3.8, 4) is 0 Å². The zero-order valence-electron chi connectivity index (χ0n) is 12.8. The van der Waals surface area contributed by atoms with Gasteiger partial charge in [0, 0.05) is 18.0 Å². The summed E-state index contributed by atoms with van der Waals surface area (Å²) < 4.78 is 0. The van der Waals surface area contributed by atoms with Crippen LogP contribution in [0, 0.1) is 11.8 Å². The molecule has 0 bridgehead atoms. The molecule has 2 fully saturated rings. The first kappa shape index (κ1) is 17.8. The van der Waals surface area contributed by atoms with Gasteiger partial charge in [-0.3, -0.25) is 4.79 Å². The number of amides is 1. The molecule has 2 aliphatic carbocycles. The molecule has 0 saturated heterocycles. The molecule has 0 aromatic carbocycles. The van der Waals surface area contributed by atoms with Crippen molar-refractivity contribution in [2.24, 2.45) is 17.6 Å². The van der Waals surface area contributed by atoms with Gasteiger partial charge in [-0.05, 0) is 44.4 Å². The van der Waals surface area contributed by atoms with Crippen molar-refractivity contribution >= 4 is 18.3 Å². The maximum absolute atomic E-state index is 12.4. The van der Waals surface area contributed by atoms with Crippen molar-refractivity contribution in [3.63, 3.8) is 0 Å². The molecular formula is C16H31ClN2O. The van der Waals surface area contributed by atoms with Crippen molar-refractivity contribution in [1.82, 2.24) is 5.32 Å². The van der Waals surface area contributed by atoms with Gasteiger partial charge in [0.2, 0.25) is 5.91 Å². The molecule has 0 radical (unpaired) electrons. The second-order valence-corrected chi connectivity index (χ2v) is 6.57. The zero-order chi connectivity index (χ0) is 13.7. The van der Waals surface area contributed by atoms with Gasteiger partial charge >= 0.3 is 0 Å². The molecule has 118 valence electrons. The third kappa shape index (κ3) is 4.92. The average Bonchev–Trinajstić information content (AvgIpc) is 2.83. The fourth-order valence-electron chi connectivity index (χ4n) is 3.80. The van der Waals surface area contributed by atoms with E-state index in [9.17, 15) is 4.79 Å². The van der Waals surface area contributed by atoms with Crippen molar-refractivity contribution in [2.75, 3.05) is 0 Å². The molecule has 0 aromatic heterocycles. The van der Waals surface area contributed by atoms with Gasteiger partial charge in [0.15, 0.2) is 0 Å². The van der Waals surface area contributed by atoms with E-state index >= 15 is 0 Å². The van der Waals surface area contributed by atoms with E-state index < -0.39 is 0 Å². The molecule has 3 nitrogen and oxygen atoms in total.